The summed E-state index contributed by atoms with van der Waals surface area (Å²) in [5.74, 6) is -2.57. The molecule has 31 heavy (non-hydrogen) atoms. The molecule has 0 spiro atoms. The quantitative estimate of drug-likeness (QED) is 0.180. The van der Waals surface area contributed by atoms with Crippen LogP contribution in [0.1, 0.15) is 96.8 Å². The van der Waals surface area contributed by atoms with Crippen LogP contribution < -0.4 is 4.74 Å². The number of benzene rings is 1. The molecule has 1 aromatic carbocycles. The molecule has 2 rings (SSSR count). The molecule has 1 aliphatic rings. The molecule has 0 heterocycles. The molecule has 2 unspecified atom stereocenters. The van der Waals surface area contributed by atoms with Gasteiger partial charge in [0.1, 0.15) is 0 Å². The Morgan fingerprint density at radius 1 is 0.839 bits per heavy atom. The van der Waals surface area contributed by atoms with Crippen LogP contribution in [-0.4, -0.2) is 18.5 Å². The predicted octanol–water partition coefficient (Wildman–Crippen LogP) is 7.00. The van der Waals surface area contributed by atoms with Gasteiger partial charge in [0.2, 0.25) is 0 Å². The standard InChI is InChI=1S/C26H39FO4/c1-2-3-4-5-6-7-8-9-10-15-20-30-25(28)21-16-11-12-17-22(21)26(29)31-24-19-14-13-18-23(24)27/h13-14,18-19,21-22H,2-12,15-17,20H2,1H3. The molecule has 0 bridgehead atoms. The molecule has 1 aromatic rings. The van der Waals surface area contributed by atoms with Crippen LogP contribution in [0.4, 0.5) is 4.39 Å². The molecule has 174 valence electrons. The highest BCUT2D eigenvalue weighted by molar-refractivity contribution is 5.83. The Hall–Kier alpha value is -1.91. The summed E-state index contributed by atoms with van der Waals surface area (Å²) in [6.45, 7) is 2.64. The van der Waals surface area contributed by atoms with Crippen molar-refractivity contribution in [1.29, 1.82) is 0 Å². The number of esters is 2. The summed E-state index contributed by atoms with van der Waals surface area (Å²) in [6.07, 6.45) is 15.2. The van der Waals surface area contributed by atoms with Gasteiger partial charge in [-0.15, -0.1) is 0 Å². The van der Waals surface area contributed by atoms with Crippen molar-refractivity contribution >= 4 is 11.9 Å². The summed E-state index contributed by atoms with van der Waals surface area (Å²) < 4.78 is 24.5. The van der Waals surface area contributed by atoms with Crippen molar-refractivity contribution in [3.63, 3.8) is 0 Å². The number of hydrogen-bond acceptors (Lipinski definition) is 4. The summed E-state index contributed by atoms with van der Waals surface area (Å²) in [7, 11) is 0. The lowest BCUT2D eigenvalue weighted by Crippen LogP contribution is -2.36. The molecule has 1 fully saturated rings. The molecule has 0 aliphatic heterocycles. The zero-order valence-corrected chi connectivity index (χ0v) is 19.1. The van der Waals surface area contributed by atoms with E-state index in [2.05, 4.69) is 6.92 Å². The Kier molecular flexibility index (Phi) is 12.3. The normalized spacial score (nSPS) is 18.5. The minimum Gasteiger partial charge on any atom is -0.465 e. The molecule has 0 aromatic heterocycles. The molecule has 0 radical (unpaired) electrons. The molecule has 0 N–H and O–H groups in total. The maximum Gasteiger partial charge on any atom is 0.315 e. The van der Waals surface area contributed by atoms with E-state index in [1.165, 1.54) is 63.5 Å². The predicted molar refractivity (Wildman–Crippen MR) is 120 cm³/mol. The lowest BCUT2D eigenvalue weighted by atomic mass is 9.79. The summed E-state index contributed by atoms with van der Waals surface area (Å²) in [5.41, 5.74) is 0. The van der Waals surface area contributed by atoms with Crippen LogP contribution in [0, 0.1) is 17.7 Å². The zero-order valence-electron chi connectivity index (χ0n) is 19.1. The van der Waals surface area contributed by atoms with Gasteiger partial charge >= 0.3 is 11.9 Å². The average Bonchev–Trinajstić information content (AvgIpc) is 2.78. The molecule has 1 aliphatic carbocycles. The van der Waals surface area contributed by atoms with E-state index in [4.69, 9.17) is 9.47 Å². The van der Waals surface area contributed by atoms with Crippen molar-refractivity contribution in [3.8, 4) is 5.75 Å². The smallest absolute Gasteiger partial charge is 0.315 e. The van der Waals surface area contributed by atoms with Crippen LogP contribution in [0.5, 0.6) is 5.75 Å². The second kappa shape index (κ2) is 15.0. The lowest BCUT2D eigenvalue weighted by molar-refractivity contribution is -0.158. The van der Waals surface area contributed by atoms with E-state index in [-0.39, 0.29) is 11.7 Å². The number of unbranched alkanes of at least 4 members (excludes halogenated alkanes) is 9. The second-order valence-corrected chi connectivity index (χ2v) is 8.70. The second-order valence-electron chi connectivity index (χ2n) is 8.70. The summed E-state index contributed by atoms with van der Waals surface area (Å²) >= 11 is 0. The number of hydrogen-bond donors (Lipinski definition) is 0. The number of rotatable bonds is 14. The van der Waals surface area contributed by atoms with Gasteiger partial charge in [-0.1, -0.05) is 89.7 Å². The maximum absolute atomic E-state index is 13.8. The number of para-hydroxylation sites is 1. The van der Waals surface area contributed by atoms with Gasteiger partial charge in [-0.05, 0) is 31.4 Å². The van der Waals surface area contributed by atoms with Crippen molar-refractivity contribution < 1.29 is 23.5 Å². The van der Waals surface area contributed by atoms with Crippen molar-refractivity contribution in [3.05, 3.63) is 30.1 Å². The Labute approximate surface area is 186 Å². The minimum atomic E-state index is -0.577. The third kappa shape index (κ3) is 9.40. The third-order valence-corrected chi connectivity index (χ3v) is 6.16. The van der Waals surface area contributed by atoms with E-state index >= 15 is 0 Å². The first-order valence-corrected chi connectivity index (χ1v) is 12.3. The molecule has 4 nitrogen and oxygen atoms in total. The van der Waals surface area contributed by atoms with Gasteiger partial charge in [-0.2, -0.15) is 0 Å². The van der Waals surface area contributed by atoms with E-state index in [0.717, 1.165) is 25.7 Å². The fourth-order valence-corrected chi connectivity index (χ4v) is 4.28. The van der Waals surface area contributed by atoms with Crippen LogP contribution in [0.3, 0.4) is 0 Å². The topological polar surface area (TPSA) is 52.6 Å². The largest absolute Gasteiger partial charge is 0.465 e. The fraction of sp³-hybridized carbons (Fsp3) is 0.692. The number of carbonyl (C=O) groups is 2. The lowest BCUT2D eigenvalue weighted by Gasteiger charge is -2.28. The molecular formula is C26H39FO4. The number of halogens is 1. The van der Waals surface area contributed by atoms with Gasteiger partial charge in [-0.25, -0.2) is 4.39 Å². The van der Waals surface area contributed by atoms with Crippen LogP contribution in [0.25, 0.3) is 0 Å². The van der Waals surface area contributed by atoms with E-state index < -0.39 is 23.6 Å². The van der Waals surface area contributed by atoms with Gasteiger partial charge in [0.15, 0.2) is 11.6 Å². The van der Waals surface area contributed by atoms with E-state index in [9.17, 15) is 14.0 Å². The van der Waals surface area contributed by atoms with Crippen LogP contribution in [0.15, 0.2) is 24.3 Å². The summed E-state index contributed by atoms with van der Waals surface area (Å²) in [5, 5.41) is 0. The van der Waals surface area contributed by atoms with Gasteiger partial charge in [0.25, 0.3) is 0 Å². The summed E-state index contributed by atoms with van der Waals surface area (Å²) in [6, 6.07) is 5.84. The highest BCUT2D eigenvalue weighted by atomic mass is 19.1. The maximum atomic E-state index is 13.8. The first-order chi connectivity index (χ1) is 15.1. The molecule has 2 atom stereocenters. The van der Waals surface area contributed by atoms with Gasteiger partial charge in [0.05, 0.1) is 18.4 Å². The number of carbonyl (C=O) groups excluding carboxylic acids is 2. The van der Waals surface area contributed by atoms with Crippen molar-refractivity contribution in [1.82, 2.24) is 0 Å². The first-order valence-electron chi connectivity index (χ1n) is 12.3. The molecule has 1 saturated carbocycles. The summed E-state index contributed by atoms with van der Waals surface area (Å²) in [4.78, 5) is 25.2. The Morgan fingerprint density at radius 2 is 1.39 bits per heavy atom. The Balaban J connectivity index is 1.65. The SMILES string of the molecule is CCCCCCCCCCCCOC(=O)C1CCCCC1C(=O)Oc1ccccc1F. The van der Waals surface area contributed by atoms with Crippen LogP contribution in [-0.2, 0) is 14.3 Å². The Morgan fingerprint density at radius 3 is 2.00 bits per heavy atom. The van der Waals surface area contributed by atoms with Gasteiger partial charge in [-0.3, -0.25) is 9.59 Å². The van der Waals surface area contributed by atoms with Crippen molar-refractivity contribution in [2.24, 2.45) is 11.8 Å². The van der Waals surface area contributed by atoms with E-state index in [1.807, 2.05) is 0 Å². The van der Waals surface area contributed by atoms with Gasteiger partial charge in [0, 0.05) is 0 Å². The van der Waals surface area contributed by atoms with Crippen molar-refractivity contribution in [2.75, 3.05) is 6.61 Å². The fourth-order valence-electron chi connectivity index (χ4n) is 4.28. The number of ether oxygens (including phenoxy) is 2. The average molecular weight is 435 g/mol. The third-order valence-electron chi connectivity index (χ3n) is 6.16. The van der Waals surface area contributed by atoms with Gasteiger partial charge < -0.3 is 9.47 Å². The van der Waals surface area contributed by atoms with Crippen molar-refractivity contribution in [2.45, 2.75) is 96.8 Å². The highest BCUT2D eigenvalue weighted by Gasteiger charge is 2.38. The molecular weight excluding hydrogens is 395 g/mol. The minimum absolute atomic E-state index is 0.0874. The molecule has 0 saturated heterocycles. The first kappa shape index (κ1) is 25.4. The molecule has 0 amide bonds. The molecule has 5 heteroatoms. The zero-order chi connectivity index (χ0) is 22.3. The monoisotopic (exact) mass is 434 g/mol. The van der Waals surface area contributed by atoms with Crippen LogP contribution >= 0.6 is 0 Å². The van der Waals surface area contributed by atoms with E-state index in [0.29, 0.717) is 19.4 Å². The highest BCUT2D eigenvalue weighted by Crippen LogP contribution is 2.33. The van der Waals surface area contributed by atoms with E-state index in [1.54, 1.807) is 12.1 Å². The Bertz CT molecular complexity index is 661. The van der Waals surface area contributed by atoms with Crippen LogP contribution in [0.2, 0.25) is 0 Å².